The summed E-state index contributed by atoms with van der Waals surface area (Å²) in [7, 11) is -3.44. The number of rotatable bonds is 8. The maximum absolute atomic E-state index is 13.1. The van der Waals surface area contributed by atoms with Crippen LogP contribution in [0.3, 0.4) is 0 Å². The Kier molecular flexibility index (Phi) is 7.40. The van der Waals surface area contributed by atoms with E-state index in [1.165, 1.54) is 5.56 Å². The molecule has 0 saturated carbocycles. The Morgan fingerprint density at radius 1 is 0.844 bits per heavy atom. The molecule has 1 fully saturated rings. The molecular weight excluding hydrogens is 416 g/mol. The first kappa shape index (κ1) is 22.3. The van der Waals surface area contributed by atoms with Gasteiger partial charge in [-0.05, 0) is 60.6 Å². The van der Waals surface area contributed by atoms with Crippen molar-refractivity contribution in [2.75, 3.05) is 25.0 Å². The molecule has 166 valence electrons. The summed E-state index contributed by atoms with van der Waals surface area (Å²) in [6.07, 6.45) is 6.95. The molecule has 0 unspecified atom stereocenters. The van der Waals surface area contributed by atoms with E-state index in [2.05, 4.69) is 53.9 Å². The predicted octanol–water partition coefficient (Wildman–Crippen LogP) is 5.46. The molecule has 1 aliphatic rings. The average molecular weight is 447 g/mol. The second-order valence-electron chi connectivity index (χ2n) is 8.26. The van der Waals surface area contributed by atoms with E-state index in [9.17, 15) is 8.42 Å². The molecule has 1 saturated heterocycles. The van der Waals surface area contributed by atoms with Crippen LogP contribution in [0.2, 0.25) is 0 Å². The van der Waals surface area contributed by atoms with Gasteiger partial charge in [0.15, 0.2) is 0 Å². The summed E-state index contributed by atoms with van der Waals surface area (Å²) >= 11 is 0. The molecule has 0 bridgehead atoms. The number of nitrogens with one attached hydrogen (secondary N) is 1. The molecule has 0 amide bonds. The van der Waals surface area contributed by atoms with Gasteiger partial charge < -0.3 is 5.32 Å². The first-order valence-electron chi connectivity index (χ1n) is 11.2. The molecule has 0 radical (unpaired) electrons. The average Bonchev–Trinajstić information content (AvgIpc) is 2.84. The zero-order valence-electron chi connectivity index (χ0n) is 18.2. The highest BCUT2D eigenvalue weighted by Gasteiger charge is 2.29. The molecule has 1 aliphatic heterocycles. The van der Waals surface area contributed by atoms with E-state index < -0.39 is 10.0 Å². The Hall–Kier alpha value is -2.89. The van der Waals surface area contributed by atoms with Crippen molar-refractivity contribution in [1.82, 2.24) is 4.31 Å². The van der Waals surface area contributed by atoms with Crippen LogP contribution in [0, 0.1) is 5.92 Å². The van der Waals surface area contributed by atoms with Crippen molar-refractivity contribution in [2.24, 2.45) is 5.92 Å². The van der Waals surface area contributed by atoms with Gasteiger partial charge in [-0.25, -0.2) is 8.42 Å². The van der Waals surface area contributed by atoms with E-state index in [-0.39, 0.29) is 0 Å². The third-order valence-corrected chi connectivity index (χ3v) is 7.88. The second kappa shape index (κ2) is 10.6. The zero-order valence-corrected chi connectivity index (χ0v) is 19.0. The molecule has 3 aromatic rings. The first-order chi connectivity index (χ1) is 15.6. The van der Waals surface area contributed by atoms with Crippen molar-refractivity contribution in [2.45, 2.75) is 24.2 Å². The van der Waals surface area contributed by atoms with E-state index >= 15 is 0 Å². The van der Waals surface area contributed by atoms with Crippen molar-refractivity contribution in [3.05, 3.63) is 102 Å². The third-order valence-electron chi connectivity index (χ3n) is 5.97. The minimum Gasteiger partial charge on any atom is -0.382 e. The largest absolute Gasteiger partial charge is 0.382 e. The van der Waals surface area contributed by atoms with E-state index in [0.29, 0.717) is 30.4 Å². The molecule has 32 heavy (non-hydrogen) atoms. The number of sulfonamides is 1. The maximum atomic E-state index is 13.1. The van der Waals surface area contributed by atoms with Crippen LogP contribution in [0.25, 0.3) is 6.08 Å². The number of piperidine rings is 1. The molecule has 0 aliphatic carbocycles. The van der Waals surface area contributed by atoms with Crippen LogP contribution in [-0.2, 0) is 16.4 Å². The Morgan fingerprint density at radius 2 is 1.47 bits per heavy atom. The summed E-state index contributed by atoms with van der Waals surface area (Å²) in [4.78, 5) is 0.365. The highest BCUT2D eigenvalue weighted by Crippen LogP contribution is 2.26. The van der Waals surface area contributed by atoms with E-state index in [1.807, 2.05) is 36.4 Å². The van der Waals surface area contributed by atoms with Gasteiger partial charge in [0.1, 0.15) is 0 Å². The molecule has 5 heteroatoms. The Labute approximate surface area is 191 Å². The van der Waals surface area contributed by atoms with Gasteiger partial charge in [0.2, 0.25) is 10.0 Å². The van der Waals surface area contributed by atoms with Crippen LogP contribution in [0.1, 0.15) is 24.0 Å². The fourth-order valence-corrected chi connectivity index (χ4v) is 5.60. The summed E-state index contributed by atoms with van der Waals surface area (Å²) in [6, 6.07) is 27.7. The van der Waals surface area contributed by atoms with Crippen molar-refractivity contribution in [3.8, 4) is 0 Å². The molecule has 0 aromatic heterocycles. The van der Waals surface area contributed by atoms with Gasteiger partial charge in [-0.15, -0.1) is 0 Å². The highest BCUT2D eigenvalue weighted by molar-refractivity contribution is 7.89. The van der Waals surface area contributed by atoms with Crippen LogP contribution < -0.4 is 5.32 Å². The fourth-order valence-electron chi connectivity index (χ4n) is 4.13. The Bertz CT molecular complexity index is 1100. The highest BCUT2D eigenvalue weighted by atomic mass is 32.2. The van der Waals surface area contributed by atoms with Gasteiger partial charge in [0, 0.05) is 25.3 Å². The predicted molar refractivity (Wildman–Crippen MR) is 132 cm³/mol. The van der Waals surface area contributed by atoms with Gasteiger partial charge in [0.05, 0.1) is 4.90 Å². The lowest BCUT2D eigenvalue weighted by atomic mass is 9.91. The monoisotopic (exact) mass is 446 g/mol. The Morgan fingerprint density at radius 3 is 2.12 bits per heavy atom. The lowest BCUT2D eigenvalue weighted by molar-refractivity contribution is 0.273. The molecule has 1 N–H and O–H groups in total. The van der Waals surface area contributed by atoms with E-state index in [4.69, 9.17) is 0 Å². The number of benzene rings is 3. The van der Waals surface area contributed by atoms with Gasteiger partial charge in [0.25, 0.3) is 0 Å². The van der Waals surface area contributed by atoms with Crippen LogP contribution in [0.15, 0.2) is 95.9 Å². The van der Waals surface area contributed by atoms with Crippen LogP contribution in [0.4, 0.5) is 5.69 Å². The molecule has 0 spiro atoms. The topological polar surface area (TPSA) is 49.4 Å². The lowest BCUT2D eigenvalue weighted by Gasteiger charge is -2.31. The quantitative estimate of drug-likeness (QED) is 0.500. The molecule has 1 heterocycles. The van der Waals surface area contributed by atoms with Crippen LogP contribution in [0.5, 0.6) is 0 Å². The van der Waals surface area contributed by atoms with Gasteiger partial charge in [-0.3, -0.25) is 0 Å². The molecule has 0 atom stereocenters. The van der Waals surface area contributed by atoms with Crippen molar-refractivity contribution in [3.63, 3.8) is 0 Å². The lowest BCUT2D eigenvalue weighted by Crippen LogP contribution is -2.38. The normalized spacial score (nSPS) is 15.8. The van der Waals surface area contributed by atoms with Crippen molar-refractivity contribution < 1.29 is 8.42 Å². The van der Waals surface area contributed by atoms with Gasteiger partial charge >= 0.3 is 0 Å². The SMILES string of the molecule is O=S(=O)(c1ccc(NC/C=C/c2ccccc2)cc1)N1CCC(Cc2ccccc2)CC1. The third kappa shape index (κ3) is 5.87. The number of nitrogens with zero attached hydrogens (tertiary/aromatic N) is 1. The zero-order chi connectivity index (χ0) is 22.2. The maximum Gasteiger partial charge on any atom is 0.243 e. The standard InChI is InChI=1S/C27H30N2O2S/c30-32(31,29-20-17-25(18-21-29)22-24-10-5-2-6-11-24)27-15-13-26(14-16-27)28-19-7-12-23-8-3-1-4-9-23/h1-16,25,28H,17-22H2/b12-7+. The van der Waals surface area contributed by atoms with Gasteiger partial charge in [-0.1, -0.05) is 72.8 Å². The molecular formula is C27H30N2O2S. The summed E-state index contributed by atoms with van der Waals surface area (Å²) in [5.74, 6) is 0.541. The number of hydrogen-bond acceptors (Lipinski definition) is 3. The molecule has 3 aromatic carbocycles. The number of hydrogen-bond donors (Lipinski definition) is 1. The van der Waals surface area contributed by atoms with E-state index in [0.717, 1.165) is 30.5 Å². The van der Waals surface area contributed by atoms with Crippen molar-refractivity contribution >= 4 is 21.8 Å². The Balaban J connectivity index is 1.29. The van der Waals surface area contributed by atoms with Gasteiger partial charge in [-0.2, -0.15) is 4.31 Å². The smallest absolute Gasteiger partial charge is 0.243 e. The molecule has 4 rings (SSSR count). The minimum atomic E-state index is -3.44. The van der Waals surface area contributed by atoms with Crippen molar-refractivity contribution in [1.29, 1.82) is 0 Å². The first-order valence-corrected chi connectivity index (χ1v) is 12.6. The summed E-state index contributed by atoms with van der Waals surface area (Å²) in [5.41, 5.74) is 3.39. The summed E-state index contributed by atoms with van der Waals surface area (Å²) in [5, 5.41) is 3.31. The van der Waals surface area contributed by atoms with Crippen LogP contribution >= 0.6 is 0 Å². The molecule has 4 nitrogen and oxygen atoms in total. The number of anilines is 1. The minimum absolute atomic E-state index is 0.365. The summed E-state index contributed by atoms with van der Waals surface area (Å²) in [6.45, 7) is 1.85. The van der Waals surface area contributed by atoms with E-state index in [1.54, 1.807) is 16.4 Å². The fraction of sp³-hybridized carbons (Fsp3) is 0.259. The van der Waals surface area contributed by atoms with Crippen LogP contribution in [-0.4, -0.2) is 32.4 Å². The summed E-state index contributed by atoms with van der Waals surface area (Å²) < 4.78 is 27.8. The second-order valence-corrected chi connectivity index (χ2v) is 10.2.